The highest BCUT2D eigenvalue weighted by atomic mass is 19.1. The number of amides is 1. The first-order valence-electron chi connectivity index (χ1n) is 6.62. The minimum atomic E-state index is -0.488. The van der Waals surface area contributed by atoms with Crippen molar-refractivity contribution >= 4 is 5.91 Å². The lowest BCUT2D eigenvalue weighted by atomic mass is 10.1. The fraction of sp³-hybridized carbons (Fsp3) is 0.533. The number of benzene rings is 1. The first-order valence-corrected chi connectivity index (χ1v) is 6.62. The number of hydrogen-bond donors (Lipinski definition) is 1. The summed E-state index contributed by atoms with van der Waals surface area (Å²) in [5.41, 5.74) is 0.874. The second-order valence-electron chi connectivity index (χ2n) is 5.03. The van der Waals surface area contributed by atoms with Crippen LogP contribution in [0.25, 0.3) is 0 Å². The van der Waals surface area contributed by atoms with Gasteiger partial charge < -0.3 is 10.1 Å². The fourth-order valence-electron chi connectivity index (χ4n) is 1.56. The topological polar surface area (TPSA) is 38.3 Å². The van der Waals surface area contributed by atoms with Gasteiger partial charge in [-0.15, -0.1) is 0 Å². The Balaban J connectivity index is 2.28. The van der Waals surface area contributed by atoms with E-state index in [0.717, 1.165) is 12.0 Å². The molecule has 0 bridgehead atoms. The molecular formula is C15H22FNO2. The van der Waals surface area contributed by atoms with E-state index in [4.69, 9.17) is 4.74 Å². The van der Waals surface area contributed by atoms with Gasteiger partial charge in [-0.25, -0.2) is 4.39 Å². The third kappa shape index (κ3) is 5.83. The largest absolute Gasteiger partial charge is 0.380 e. The van der Waals surface area contributed by atoms with Gasteiger partial charge in [0.15, 0.2) is 0 Å². The molecule has 1 rings (SSSR count). The first kappa shape index (κ1) is 15.6. The zero-order valence-corrected chi connectivity index (χ0v) is 11.8. The standard InChI is InChI=1S/C15H22FNO2/c1-11(2)6-8-19-9-7-17-15(18)13-5-4-12(3)10-14(13)16/h4-5,10-11H,6-9H2,1-3H3,(H,17,18). The predicted octanol–water partition coefficient (Wildman–Crippen LogP) is 2.93. The lowest BCUT2D eigenvalue weighted by Gasteiger charge is -2.08. The number of nitrogens with one attached hydrogen (secondary N) is 1. The van der Waals surface area contributed by atoms with Gasteiger partial charge >= 0.3 is 0 Å². The molecule has 0 saturated carbocycles. The summed E-state index contributed by atoms with van der Waals surface area (Å²) in [5.74, 6) is -0.278. The van der Waals surface area contributed by atoms with E-state index in [-0.39, 0.29) is 5.56 Å². The zero-order valence-electron chi connectivity index (χ0n) is 11.8. The first-order chi connectivity index (χ1) is 9.00. The summed E-state index contributed by atoms with van der Waals surface area (Å²) in [7, 11) is 0. The fourth-order valence-corrected chi connectivity index (χ4v) is 1.56. The summed E-state index contributed by atoms with van der Waals surface area (Å²) in [6.45, 7) is 7.58. The molecule has 0 aliphatic carbocycles. The predicted molar refractivity (Wildman–Crippen MR) is 73.7 cm³/mol. The van der Waals surface area contributed by atoms with E-state index >= 15 is 0 Å². The molecule has 0 radical (unpaired) electrons. The van der Waals surface area contributed by atoms with Crippen LogP contribution in [0.5, 0.6) is 0 Å². The van der Waals surface area contributed by atoms with Gasteiger partial charge in [0.05, 0.1) is 12.2 Å². The van der Waals surface area contributed by atoms with Crippen LogP contribution in [0, 0.1) is 18.7 Å². The van der Waals surface area contributed by atoms with Crippen molar-refractivity contribution in [3.8, 4) is 0 Å². The molecule has 1 aromatic carbocycles. The Morgan fingerprint density at radius 3 is 2.74 bits per heavy atom. The number of rotatable bonds is 7. The SMILES string of the molecule is Cc1ccc(C(=O)NCCOCCC(C)C)c(F)c1. The summed E-state index contributed by atoms with van der Waals surface area (Å²) < 4.78 is 18.9. The molecule has 0 aromatic heterocycles. The molecule has 0 atom stereocenters. The number of carbonyl (C=O) groups is 1. The third-order valence-corrected chi connectivity index (χ3v) is 2.74. The van der Waals surface area contributed by atoms with Crippen LogP contribution in [-0.2, 0) is 4.74 Å². The van der Waals surface area contributed by atoms with Crippen LogP contribution in [0.2, 0.25) is 0 Å². The van der Waals surface area contributed by atoms with Crippen molar-refractivity contribution in [2.24, 2.45) is 5.92 Å². The van der Waals surface area contributed by atoms with Crippen molar-refractivity contribution in [3.05, 3.63) is 35.1 Å². The Labute approximate surface area is 114 Å². The van der Waals surface area contributed by atoms with E-state index < -0.39 is 11.7 Å². The van der Waals surface area contributed by atoms with Gasteiger partial charge in [0.25, 0.3) is 5.91 Å². The molecule has 106 valence electrons. The highest BCUT2D eigenvalue weighted by Gasteiger charge is 2.10. The molecule has 0 unspecified atom stereocenters. The van der Waals surface area contributed by atoms with Crippen LogP contribution in [0.15, 0.2) is 18.2 Å². The second-order valence-corrected chi connectivity index (χ2v) is 5.03. The maximum Gasteiger partial charge on any atom is 0.254 e. The van der Waals surface area contributed by atoms with Gasteiger partial charge in [-0.1, -0.05) is 19.9 Å². The summed E-state index contributed by atoms with van der Waals surface area (Å²) in [4.78, 5) is 11.7. The molecule has 19 heavy (non-hydrogen) atoms. The van der Waals surface area contributed by atoms with Gasteiger partial charge in [0.1, 0.15) is 5.82 Å². The number of hydrogen-bond acceptors (Lipinski definition) is 2. The molecule has 1 amide bonds. The van der Waals surface area contributed by atoms with E-state index in [1.807, 2.05) is 0 Å². The van der Waals surface area contributed by atoms with Gasteiger partial charge in [0, 0.05) is 13.2 Å². The molecule has 3 nitrogen and oxygen atoms in total. The van der Waals surface area contributed by atoms with Gasteiger partial charge in [-0.2, -0.15) is 0 Å². The van der Waals surface area contributed by atoms with Crippen LogP contribution >= 0.6 is 0 Å². The minimum absolute atomic E-state index is 0.0766. The number of halogens is 1. The molecule has 0 aliphatic heterocycles. The van der Waals surface area contributed by atoms with E-state index in [1.165, 1.54) is 12.1 Å². The Morgan fingerprint density at radius 1 is 1.37 bits per heavy atom. The van der Waals surface area contributed by atoms with Crippen LogP contribution in [-0.4, -0.2) is 25.7 Å². The quantitative estimate of drug-likeness (QED) is 0.771. The van der Waals surface area contributed by atoms with Crippen LogP contribution in [0.1, 0.15) is 36.2 Å². The summed E-state index contributed by atoms with van der Waals surface area (Å²) >= 11 is 0. The third-order valence-electron chi connectivity index (χ3n) is 2.74. The smallest absolute Gasteiger partial charge is 0.254 e. The van der Waals surface area contributed by atoms with Crippen LogP contribution in [0.3, 0.4) is 0 Å². The molecule has 0 saturated heterocycles. The lowest BCUT2D eigenvalue weighted by molar-refractivity contribution is 0.0902. The maximum absolute atomic E-state index is 13.5. The molecule has 0 heterocycles. The van der Waals surface area contributed by atoms with Crippen molar-refractivity contribution in [3.63, 3.8) is 0 Å². The number of carbonyl (C=O) groups excluding carboxylic acids is 1. The maximum atomic E-state index is 13.5. The van der Waals surface area contributed by atoms with Crippen molar-refractivity contribution in [2.75, 3.05) is 19.8 Å². The molecule has 0 fully saturated rings. The Morgan fingerprint density at radius 2 is 2.11 bits per heavy atom. The second kappa shape index (κ2) is 7.89. The molecule has 4 heteroatoms. The molecule has 0 aliphatic rings. The zero-order chi connectivity index (χ0) is 14.3. The average molecular weight is 267 g/mol. The Bertz CT molecular complexity index is 419. The molecule has 1 N–H and O–H groups in total. The molecular weight excluding hydrogens is 245 g/mol. The summed E-state index contributed by atoms with van der Waals surface area (Å²) in [6, 6.07) is 4.57. The van der Waals surface area contributed by atoms with Crippen molar-refractivity contribution in [2.45, 2.75) is 27.2 Å². The van der Waals surface area contributed by atoms with E-state index in [9.17, 15) is 9.18 Å². The van der Waals surface area contributed by atoms with E-state index in [0.29, 0.717) is 25.7 Å². The van der Waals surface area contributed by atoms with E-state index in [2.05, 4.69) is 19.2 Å². The van der Waals surface area contributed by atoms with Crippen molar-refractivity contribution < 1.29 is 13.9 Å². The Kier molecular flexibility index (Phi) is 6.50. The van der Waals surface area contributed by atoms with Gasteiger partial charge in [-0.05, 0) is 37.0 Å². The Hall–Kier alpha value is -1.42. The minimum Gasteiger partial charge on any atom is -0.380 e. The highest BCUT2D eigenvalue weighted by molar-refractivity contribution is 5.94. The van der Waals surface area contributed by atoms with Gasteiger partial charge in [-0.3, -0.25) is 4.79 Å². The molecule has 0 spiro atoms. The number of ether oxygens (including phenoxy) is 1. The van der Waals surface area contributed by atoms with Gasteiger partial charge in [0.2, 0.25) is 0 Å². The highest BCUT2D eigenvalue weighted by Crippen LogP contribution is 2.09. The molecule has 1 aromatic rings. The summed E-state index contributed by atoms with van der Waals surface area (Å²) in [5, 5.41) is 2.64. The van der Waals surface area contributed by atoms with Crippen molar-refractivity contribution in [1.29, 1.82) is 0 Å². The van der Waals surface area contributed by atoms with Crippen LogP contribution < -0.4 is 5.32 Å². The number of aryl methyl sites for hydroxylation is 1. The monoisotopic (exact) mass is 267 g/mol. The average Bonchev–Trinajstić information content (AvgIpc) is 2.32. The van der Waals surface area contributed by atoms with E-state index in [1.54, 1.807) is 13.0 Å². The van der Waals surface area contributed by atoms with Crippen molar-refractivity contribution in [1.82, 2.24) is 5.32 Å². The van der Waals surface area contributed by atoms with Crippen LogP contribution in [0.4, 0.5) is 4.39 Å². The lowest BCUT2D eigenvalue weighted by Crippen LogP contribution is -2.28. The normalized spacial score (nSPS) is 10.8. The summed E-state index contributed by atoms with van der Waals surface area (Å²) in [6.07, 6.45) is 1.00.